The van der Waals surface area contributed by atoms with E-state index in [2.05, 4.69) is 0 Å². The van der Waals surface area contributed by atoms with E-state index in [0.717, 1.165) is 17.6 Å². The molecule has 0 spiro atoms. The molecule has 4 aliphatic rings. The second-order valence-corrected chi connectivity index (χ2v) is 10.7. The lowest BCUT2D eigenvalue weighted by molar-refractivity contribution is -0.177. The number of fused-ring (bicyclic) bond motifs is 5. The van der Waals surface area contributed by atoms with E-state index in [-0.39, 0.29) is 30.3 Å². The second kappa shape index (κ2) is 7.14. The van der Waals surface area contributed by atoms with Crippen LogP contribution in [0.2, 0.25) is 0 Å². The summed E-state index contributed by atoms with van der Waals surface area (Å²) in [5.74, 6) is -0.947. The second-order valence-electron chi connectivity index (χ2n) is 10.7. The van der Waals surface area contributed by atoms with Gasteiger partial charge in [-0.05, 0) is 45.1 Å². The molecule has 0 aromatic rings. The number of ether oxygens (including phenoxy) is 2. The molecule has 4 rings (SSSR count). The monoisotopic (exact) mass is 420 g/mol. The van der Waals surface area contributed by atoms with E-state index >= 15 is 0 Å². The van der Waals surface area contributed by atoms with Gasteiger partial charge in [0.25, 0.3) is 0 Å². The molecule has 0 aromatic heterocycles. The average molecular weight is 421 g/mol. The minimum absolute atomic E-state index is 0.0529. The van der Waals surface area contributed by atoms with Crippen LogP contribution in [0.25, 0.3) is 0 Å². The highest BCUT2D eigenvalue weighted by Crippen LogP contribution is 2.61. The molecule has 6 nitrogen and oxygen atoms in total. The highest BCUT2D eigenvalue weighted by atomic mass is 16.6. The summed E-state index contributed by atoms with van der Waals surface area (Å²) in [5.41, 5.74) is -1.19. The Bertz CT molecular complexity index is 785. The van der Waals surface area contributed by atoms with Crippen LogP contribution >= 0.6 is 0 Å². The molecular formula is C24H36O6. The maximum Gasteiger partial charge on any atom is 0.306 e. The quantitative estimate of drug-likeness (QED) is 0.412. The highest BCUT2D eigenvalue weighted by Gasteiger charge is 2.69. The lowest BCUT2D eigenvalue weighted by atomic mass is 9.50. The number of Topliss-reactive ketones (excluding diaryl/α,β-unsaturated/α-hetero) is 1. The van der Waals surface area contributed by atoms with Crippen molar-refractivity contribution in [2.24, 2.45) is 16.7 Å². The zero-order valence-electron chi connectivity index (χ0n) is 18.9. The van der Waals surface area contributed by atoms with Gasteiger partial charge in [-0.3, -0.25) is 9.59 Å². The number of ketones is 1. The van der Waals surface area contributed by atoms with E-state index in [9.17, 15) is 19.8 Å². The predicted octanol–water partition coefficient (Wildman–Crippen LogP) is 3.08. The zero-order chi connectivity index (χ0) is 22.1. The van der Waals surface area contributed by atoms with E-state index in [0.29, 0.717) is 32.1 Å². The lowest BCUT2D eigenvalue weighted by Crippen LogP contribution is -2.64. The van der Waals surface area contributed by atoms with E-state index < -0.39 is 34.6 Å². The number of allylic oxidation sites excluding steroid dienone is 1. The molecule has 168 valence electrons. The van der Waals surface area contributed by atoms with Crippen LogP contribution in [-0.4, -0.2) is 52.0 Å². The number of aliphatic hydroxyl groups excluding tert-OH is 1. The molecule has 1 saturated heterocycles. The number of hydrogen-bond donors (Lipinski definition) is 2. The van der Waals surface area contributed by atoms with Gasteiger partial charge >= 0.3 is 5.97 Å². The molecule has 6 heteroatoms. The van der Waals surface area contributed by atoms with Crippen LogP contribution in [0.1, 0.15) is 79.6 Å². The van der Waals surface area contributed by atoms with Gasteiger partial charge in [-0.25, -0.2) is 0 Å². The standard InChI is InChI=1S/C24H36O6/c1-6-7-8-17(26)30-20-18-13(2)9-10-24(28,22(18,3)4)12-14-19-15(29-19)11-16(25)23(14,5)21(20)27/h14-16,19-20,25,28H,6-12H2,1-5H3. The number of rotatable bonds is 4. The first-order valence-electron chi connectivity index (χ1n) is 11.5. The lowest BCUT2D eigenvalue weighted by Gasteiger charge is -2.56. The van der Waals surface area contributed by atoms with Gasteiger partial charge in [0.15, 0.2) is 11.9 Å². The van der Waals surface area contributed by atoms with E-state index in [1.807, 2.05) is 27.7 Å². The zero-order valence-corrected chi connectivity index (χ0v) is 18.9. The van der Waals surface area contributed by atoms with Crippen molar-refractivity contribution in [1.29, 1.82) is 0 Å². The van der Waals surface area contributed by atoms with Crippen LogP contribution in [0.4, 0.5) is 0 Å². The Morgan fingerprint density at radius 1 is 1.30 bits per heavy atom. The van der Waals surface area contributed by atoms with Crippen LogP contribution in [0.5, 0.6) is 0 Å². The molecule has 30 heavy (non-hydrogen) atoms. The van der Waals surface area contributed by atoms with Crippen molar-refractivity contribution in [2.75, 3.05) is 0 Å². The summed E-state index contributed by atoms with van der Waals surface area (Å²) in [7, 11) is 0. The average Bonchev–Trinajstić information content (AvgIpc) is 3.44. The number of hydrogen-bond acceptors (Lipinski definition) is 6. The molecule has 0 amide bonds. The summed E-state index contributed by atoms with van der Waals surface area (Å²) in [4.78, 5) is 26.7. The molecular weight excluding hydrogens is 384 g/mol. The van der Waals surface area contributed by atoms with Crippen LogP contribution in [0, 0.1) is 16.7 Å². The van der Waals surface area contributed by atoms with Crippen LogP contribution in [0.3, 0.4) is 0 Å². The van der Waals surface area contributed by atoms with Crippen molar-refractivity contribution in [3.63, 3.8) is 0 Å². The van der Waals surface area contributed by atoms with Crippen molar-refractivity contribution in [2.45, 2.75) is 110 Å². The van der Waals surface area contributed by atoms with Gasteiger partial charge in [-0.15, -0.1) is 0 Å². The Kier molecular flexibility index (Phi) is 5.23. The Morgan fingerprint density at radius 3 is 2.67 bits per heavy atom. The molecule has 0 aromatic carbocycles. The topological polar surface area (TPSA) is 96.4 Å². The summed E-state index contributed by atoms with van der Waals surface area (Å²) >= 11 is 0. The van der Waals surface area contributed by atoms with Gasteiger partial charge in [0.05, 0.1) is 29.3 Å². The molecule has 1 heterocycles. The molecule has 3 fully saturated rings. The van der Waals surface area contributed by atoms with Crippen LogP contribution < -0.4 is 0 Å². The van der Waals surface area contributed by atoms with Gasteiger partial charge in [0, 0.05) is 24.2 Å². The first-order valence-corrected chi connectivity index (χ1v) is 11.5. The van der Waals surface area contributed by atoms with Crippen LogP contribution in [-0.2, 0) is 19.1 Å². The minimum Gasteiger partial charge on any atom is -0.450 e. The largest absolute Gasteiger partial charge is 0.450 e. The third-order valence-corrected chi connectivity index (χ3v) is 8.72. The van der Waals surface area contributed by atoms with Crippen molar-refractivity contribution in [3.05, 3.63) is 11.1 Å². The fourth-order valence-electron chi connectivity index (χ4n) is 6.36. The summed E-state index contributed by atoms with van der Waals surface area (Å²) < 4.78 is 11.7. The normalized spacial score (nSPS) is 44.5. The highest BCUT2D eigenvalue weighted by molar-refractivity contribution is 5.94. The van der Waals surface area contributed by atoms with Gasteiger partial charge in [0.2, 0.25) is 0 Å². The summed E-state index contributed by atoms with van der Waals surface area (Å²) in [6.07, 6.45) is 1.71. The van der Waals surface area contributed by atoms with Gasteiger partial charge in [-0.1, -0.05) is 32.8 Å². The summed E-state index contributed by atoms with van der Waals surface area (Å²) in [6.45, 7) is 9.66. The Labute approximate surface area is 179 Å². The number of aliphatic hydroxyl groups is 2. The van der Waals surface area contributed by atoms with E-state index in [1.165, 1.54) is 0 Å². The van der Waals surface area contributed by atoms with Crippen molar-refractivity contribution in [3.8, 4) is 0 Å². The fourth-order valence-corrected chi connectivity index (χ4v) is 6.36. The third-order valence-electron chi connectivity index (χ3n) is 8.72. The van der Waals surface area contributed by atoms with Crippen molar-refractivity contribution < 1.29 is 29.3 Å². The Hall–Kier alpha value is -1.24. The Morgan fingerprint density at radius 2 is 2.00 bits per heavy atom. The molecule has 1 aliphatic heterocycles. The summed E-state index contributed by atoms with van der Waals surface area (Å²) in [6, 6.07) is 0. The smallest absolute Gasteiger partial charge is 0.306 e. The molecule has 2 N–H and O–H groups in total. The SMILES string of the molecule is CCCCC(=O)OC1C(=O)C2(C)C(O)CC3OC3C2CC2(O)CCC(C)=C1C2(C)C. The van der Waals surface area contributed by atoms with Gasteiger partial charge < -0.3 is 19.7 Å². The maximum atomic E-state index is 14.1. The number of esters is 1. The first-order chi connectivity index (χ1) is 14.0. The molecule has 2 bridgehead atoms. The molecule has 7 unspecified atom stereocenters. The van der Waals surface area contributed by atoms with Crippen LogP contribution in [0.15, 0.2) is 11.1 Å². The fraction of sp³-hybridized carbons (Fsp3) is 0.833. The predicted molar refractivity (Wildman–Crippen MR) is 111 cm³/mol. The first kappa shape index (κ1) is 22.0. The van der Waals surface area contributed by atoms with Crippen molar-refractivity contribution >= 4 is 11.8 Å². The maximum absolute atomic E-state index is 14.1. The minimum atomic E-state index is -1.12. The van der Waals surface area contributed by atoms with Gasteiger partial charge in [0.1, 0.15) is 0 Å². The third kappa shape index (κ3) is 3.01. The molecule has 0 radical (unpaired) electrons. The van der Waals surface area contributed by atoms with Crippen molar-refractivity contribution in [1.82, 2.24) is 0 Å². The number of unbranched alkanes of at least 4 members (excludes halogenated alkanes) is 1. The van der Waals surface area contributed by atoms with E-state index in [1.54, 1.807) is 6.92 Å². The number of carbonyl (C=O) groups is 2. The summed E-state index contributed by atoms with van der Waals surface area (Å²) in [5, 5.41) is 22.9. The van der Waals surface area contributed by atoms with E-state index in [4.69, 9.17) is 9.47 Å². The number of carbonyl (C=O) groups excluding carboxylic acids is 2. The number of epoxide rings is 1. The molecule has 2 saturated carbocycles. The van der Waals surface area contributed by atoms with Gasteiger partial charge in [-0.2, -0.15) is 0 Å². The molecule has 3 aliphatic carbocycles. The Balaban J connectivity index is 1.83. The molecule has 7 atom stereocenters.